The van der Waals surface area contributed by atoms with Crippen molar-refractivity contribution in [1.82, 2.24) is 0 Å². The highest BCUT2D eigenvalue weighted by Crippen LogP contribution is 2.35. The van der Waals surface area contributed by atoms with Gasteiger partial charge < -0.3 is 10.5 Å². The third-order valence-corrected chi connectivity index (χ3v) is 3.96. The Balaban J connectivity index is 1.77. The third kappa shape index (κ3) is 1.71. The minimum Gasteiger partial charge on any atom is -0.490 e. The molecule has 2 aliphatic carbocycles. The van der Waals surface area contributed by atoms with Crippen LogP contribution >= 0.6 is 0 Å². The van der Waals surface area contributed by atoms with E-state index >= 15 is 0 Å². The van der Waals surface area contributed by atoms with Crippen LogP contribution in [0.5, 0.6) is 5.75 Å². The summed E-state index contributed by atoms with van der Waals surface area (Å²) in [6.45, 7) is 0.774. The highest BCUT2D eigenvalue weighted by molar-refractivity contribution is 5.41. The number of benzene rings is 1. The van der Waals surface area contributed by atoms with E-state index in [1.54, 1.807) is 0 Å². The van der Waals surface area contributed by atoms with Crippen LogP contribution in [0.3, 0.4) is 0 Å². The number of ether oxygens (including phenoxy) is 1. The van der Waals surface area contributed by atoms with E-state index in [9.17, 15) is 0 Å². The molecule has 1 aromatic carbocycles. The fraction of sp³-hybridized carbons (Fsp3) is 0.571. The molecule has 1 aromatic rings. The Kier molecular flexibility index (Phi) is 2.60. The van der Waals surface area contributed by atoms with Crippen LogP contribution in [0.4, 0.5) is 0 Å². The number of hydrogen-bond donors (Lipinski definition) is 1. The topological polar surface area (TPSA) is 35.2 Å². The van der Waals surface area contributed by atoms with E-state index in [1.807, 2.05) is 0 Å². The Morgan fingerprint density at radius 2 is 2.12 bits per heavy atom. The van der Waals surface area contributed by atoms with Crippen molar-refractivity contribution in [2.75, 3.05) is 6.54 Å². The Morgan fingerprint density at radius 1 is 1.25 bits per heavy atom. The monoisotopic (exact) mass is 217 g/mol. The van der Waals surface area contributed by atoms with Gasteiger partial charge in [0.25, 0.3) is 0 Å². The fourth-order valence-corrected chi connectivity index (χ4v) is 2.68. The van der Waals surface area contributed by atoms with Gasteiger partial charge in [0.15, 0.2) is 0 Å². The van der Waals surface area contributed by atoms with Crippen molar-refractivity contribution in [2.45, 2.75) is 44.1 Å². The van der Waals surface area contributed by atoms with Crippen LogP contribution in [-0.4, -0.2) is 12.6 Å². The van der Waals surface area contributed by atoms with Crippen molar-refractivity contribution in [1.29, 1.82) is 0 Å². The van der Waals surface area contributed by atoms with Gasteiger partial charge in [0.1, 0.15) is 5.75 Å². The van der Waals surface area contributed by atoms with E-state index in [1.165, 1.54) is 43.2 Å². The van der Waals surface area contributed by atoms with Crippen LogP contribution in [0.2, 0.25) is 0 Å². The summed E-state index contributed by atoms with van der Waals surface area (Å²) in [5.41, 5.74) is 8.67. The zero-order valence-electron chi connectivity index (χ0n) is 9.61. The van der Waals surface area contributed by atoms with Gasteiger partial charge in [-0.05, 0) is 67.8 Å². The molecule has 0 amide bonds. The van der Waals surface area contributed by atoms with Gasteiger partial charge in [0, 0.05) is 0 Å². The number of fused-ring (bicyclic) bond motifs is 1. The molecule has 1 saturated carbocycles. The van der Waals surface area contributed by atoms with Crippen molar-refractivity contribution >= 4 is 0 Å². The lowest BCUT2D eigenvalue weighted by Crippen LogP contribution is -2.24. The zero-order chi connectivity index (χ0) is 11.0. The largest absolute Gasteiger partial charge is 0.490 e. The second-order valence-corrected chi connectivity index (χ2v) is 5.00. The molecule has 0 aromatic heterocycles. The van der Waals surface area contributed by atoms with Gasteiger partial charge in [-0.3, -0.25) is 0 Å². The maximum Gasteiger partial charge on any atom is 0.120 e. The Labute approximate surface area is 96.8 Å². The van der Waals surface area contributed by atoms with Gasteiger partial charge in [-0.2, -0.15) is 0 Å². The van der Waals surface area contributed by atoms with E-state index in [-0.39, 0.29) is 0 Å². The molecule has 3 rings (SSSR count). The molecule has 1 unspecified atom stereocenters. The van der Waals surface area contributed by atoms with Crippen molar-refractivity contribution in [2.24, 2.45) is 5.73 Å². The molecule has 16 heavy (non-hydrogen) atoms. The minimum absolute atomic E-state index is 0.477. The van der Waals surface area contributed by atoms with E-state index in [2.05, 4.69) is 18.2 Å². The van der Waals surface area contributed by atoms with Gasteiger partial charge in [0.2, 0.25) is 0 Å². The predicted molar refractivity (Wildman–Crippen MR) is 64.8 cm³/mol. The Bertz CT molecular complexity index is 384. The summed E-state index contributed by atoms with van der Waals surface area (Å²) in [7, 11) is 0. The molecular formula is C14H19NO. The SMILES string of the molecule is NCC1CCc2cc(OC3CCC3)ccc21. The Hall–Kier alpha value is -1.02. The fourth-order valence-electron chi connectivity index (χ4n) is 2.68. The molecule has 2 nitrogen and oxygen atoms in total. The number of rotatable bonds is 3. The van der Waals surface area contributed by atoms with Crippen LogP contribution in [0.25, 0.3) is 0 Å². The molecule has 0 saturated heterocycles. The van der Waals surface area contributed by atoms with E-state index in [4.69, 9.17) is 10.5 Å². The van der Waals surface area contributed by atoms with Gasteiger partial charge in [-0.1, -0.05) is 6.07 Å². The van der Waals surface area contributed by atoms with E-state index in [0.717, 1.165) is 12.3 Å². The molecule has 1 atom stereocenters. The van der Waals surface area contributed by atoms with Gasteiger partial charge in [-0.15, -0.1) is 0 Å². The predicted octanol–water partition coefficient (Wildman–Crippen LogP) is 2.61. The average Bonchev–Trinajstić information content (AvgIpc) is 2.65. The molecule has 0 spiro atoms. The van der Waals surface area contributed by atoms with Crippen molar-refractivity contribution < 1.29 is 4.74 Å². The van der Waals surface area contributed by atoms with Crippen LogP contribution in [-0.2, 0) is 6.42 Å². The second-order valence-electron chi connectivity index (χ2n) is 5.00. The molecule has 2 heteroatoms. The highest BCUT2D eigenvalue weighted by Gasteiger charge is 2.23. The normalized spacial score (nSPS) is 23.9. The summed E-state index contributed by atoms with van der Waals surface area (Å²) in [4.78, 5) is 0. The lowest BCUT2D eigenvalue weighted by Gasteiger charge is -2.26. The first-order valence-corrected chi connectivity index (χ1v) is 6.36. The van der Waals surface area contributed by atoms with E-state index in [0.29, 0.717) is 12.0 Å². The molecule has 2 N–H and O–H groups in total. The number of hydrogen-bond acceptors (Lipinski definition) is 2. The molecule has 0 aliphatic heterocycles. The van der Waals surface area contributed by atoms with Gasteiger partial charge in [0.05, 0.1) is 6.10 Å². The van der Waals surface area contributed by atoms with Crippen molar-refractivity contribution in [3.8, 4) is 5.75 Å². The van der Waals surface area contributed by atoms with Gasteiger partial charge in [-0.25, -0.2) is 0 Å². The first kappa shape index (κ1) is 10.2. The maximum absolute atomic E-state index is 5.91. The summed E-state index contributed by atoms with van der Waals surface area (Å²) < 4.78 is 5.91. The average molecular weight is 217 g/mol. The van der Waals surface area contributed by atoms with Gasteiger partial charge >= 0.3 is 0 Å². The smallest absolute Gasteiger partial charge is 0.120 e. The third-order valence-electron chi connectivity index (χ3n) is 3.96. The summed E-state index contributed by atoms with van der Waals surface area (Å²) >= 11 is 0. The molecule has 0 bridgehead atoms. The zero-order valence-corrected chi connectivity index (χ0v) is 9.61. The quantitative estimate of drug-likeness (QED) is 0.844. The van der Waals surface area contributed by atoms with Crippen LogP contribution in [0.15, 0.2) is 18.2 Å². The van der Waals surface area contributed by atoms with E-state index < -0.39 is 0 Å². The molecule has 0 radical (unpaired) electrons. The summed E-state index contributed by atoms with van der Waals surface area (Å²) in [6.07, 6.45) is 6.62. The van der Waals surface area contributed by atoms with Crippen LogP contribution < -0.4 is 10.5 Å². The van der Waals surface area contributed by atoms with Crippen molar-refractivity contribution in [3.05, 3.63) is 29.3 Å². The first-order valence-electron chi connectivity index (χ1n) is 6.36. The molecule has 0 heterocycles. The number of aryl methyl sites for hydroxylation is 1. The molecular weight excluding hydrogens is 198 g/mol. The Morgan fingerprint density at radius 3 is 2.81 bits per heavy atom. The molecule has 2 aliphatic rings. The summed E-state index contributed by atoms with van der Waals surface area (Å²) in [6, 6.07) is 6.56. The lowest BCUT2D eigenvalue weighted by atomic mass is 9.96. The summed E-state index contributed by atoms with van der Waals surface area (Å²) in [5, 5.41) is 0. The highest BCUT2D eigenvalue weighted by atomic mass is 16.5. The standard InChI is InChI=1S/C14H19NO/c15-9-11-5-4-10-8-13(6-7-14(10)11)16-12-2-1-3-12/h6-8,11-12H,1-5,9,15H2. The van der Waals surface area contributed by atoms with Crippen LogP contribution in [0.1, 0.15) is 42.7 Å². The minimum atomic E-state index is 0.477. The maximum atomic E-state index is 5.91. The molecule has 1 fully saturated rings. The van der Waals surface area contributed by atoms with Crippen molar-refractivity contribution in [3.63, 3.8) is 0 Å². The lowest BCUT2D eigenvalue weighted by molar-refractivity contribution is 0.120. The molecule has 86 valence electrons. The number of nitrogens with two attached hydrogens (primary N) is 1. The van der Waals surface area contributed by atoms with Crippen LogP contribution in [0, 0.1) is 0 Å². The first-order chi connectivity index (χ1) is 7.86. The second kappa shape index (κ2) is 4.10. The summed E-state index contributed by atoms with van der Waals surface area (Å²) in [5.74, 6) is 1.63.